The van der Waals surface area contributed by atoms with Crippen LogP contribution < -0.4 is 22.9 Å². The Bertz CT molecular complexity index is 1000. The number of nitrogens with zero attached hydrogens (tertiary/aromatic N) is 1. The van der Waals surface area contributed by atoms with E-state index in [0.717, 1.165) is 40.3 Å². The van der Waals surface area contributed by atoms with Crippen molar-refractivity contribution in [2.75, 3.05) is 12.3 Å². The van der Waals surface area contributed by atoms with E-state index >= 15 is 0 Å². The van der Waals surface area contributed by atoms with E-state index in [0.29, 0.717) is 13.0 Å². The Morgan fingerprint density at radius 3 is 2.28 bits per heavy atom. The number of nitrogen functional groups attached to an aromatic ring is 1. The molecule has 0 spiro atoms. The van der Waals surface area contributed by atoms with Gasteiger partial charge in [0.25, 0.3) is 0 Å². The zero-order valence-corrected chi connectivity index (χ0v) is 21.3. The highest BCUT2D eigenvalue weighted by molar-refractivity contribution is 5.78. The number of halogens is 2. The number of aliphatic imine (C=N–C) groups is 1. The standard InChI is InChI=1S/C20H22FN3.C5H12FN.CH3NO.CH2O/c1-13-9-18(21)19(23)11-17(13)15-3-2-4-16(10-15)20(24-12-22)8-7-14-5-6-14;1-5(2,6)3-4-7;2-1-3;1-2/h2-4,8-12,14H,5-7,23H2,1H3,(H2,22,24);3-4,7H2,1-2H3;1H,(H2,2,3);1H2/b20-8-;;;. The molecule has 1 amide bonds. The summed E-state index contributed by atoms with van der Waals surface area (Å²) >= 11 is 0. The second-order valence-electron chi connectivity index (χ2n) is 8.71. The Balaban J connectivity index is 0.000000862. The van der Waals surface area contributed by atoms with E-state index in [1.54, 1.807) is 6.07 Å². The molecule has 0 aliphatic heterocycles. The third-order valence-corrected chi connectivity index (χ3v) is 5.11. The van der Waals surface area contributed by atoms with Crippen molar-refractivity contribution in [3.63, 3.8) is 0 Å². The van der Waals surface area contributed by atoms with E-state index < -0.39 is 5.67 Å². The number of allylic oxidation sites excluding steroid dienone is 1. The SMILES string of the molecule is C=O.CC(C)(F)CCN.Cc1cc(F)c(N)cc1-c1cccc(/C(=C/CC2CC2)N=CN)c1.NC=O. The zero-order valence-electron chi connectivity index (χ0n) is 21.3. The number of primary amides is 1. The van der Waals surface area contributed by atoms with E-state index in [9.17, 15) is 8.78 Å². The molecule has 198 valence electrons. The van der Waals surface area contributed by atoms with Gasteiger partial charge >= 0.3 is 0 Å². The van der Waals surface area contributed by atoms with Crippen LogP contribution in [-0.2, 0) is 9.59 Å². The van der Waals surface area contributed by atoms with Crippen LogP contribution in [0.5, 0.6) is 0 Å². The van der Waals surface area contributed by atoms with E-state index in [2.05, 4.69) is 16.8 Å². The average molecular weight is 504 g/mol. The monoisotopic (exact) mass is 503 g/mol. The average Bonchev–Trinajstić information content (AvgIpc) is 3.65. The van der Waals surface area contributed by atoms with E-state index in [1.807, 2.05) is 38.0 Å². The quantitative estimate of drug-likeness (QED) is 0.190. The van der Waals surface area contributed by atoms with E-state index in [4.69, 9.17) is 26.8 Å². The van der Waals surface area contributed by atoms with Crippen LogP contribution in [-0.4, -0.2) is 31.8 Å². The van der Waals surface area contributed by atoms with Crippen LogP contribution in [0.15, 0.2) is 47.5 Å². The number of nitrogens with two attached hydrogens (primary N) is 4. The van der Waals surface area contributed by atoms with Crippen LogP contribution in [0.1, 0.15) is 50.7 Å². The van der Waals surface area contributed by atoms with Gasteiger partial charge < -0.3 is 27.7 Å². The number of rotatable bonds is 7. The summed E-state index contributed by atoms with van der Waals surface area (Å²) in [4.78, 5) is 20.9. The predicted molar refractivity (Wildman–Crippen MR) is 145 cm³/mol. The molecule has 9 heteroatoms. The lowest BCUT2D eigenvalue weighted by molar-refractivity contribution is -0.107. The summed E-state index contributed by atoms with van der Waals surface area (Å²) < 4.78 is 25.9. The molecule has 1 aliphatic carbocycles. The minimum absolute atomic E-state index is 0.158. The van der Waals surface area contributed by atoms with Gasteiger partial charge in [-0.2, -0.15) is 0 Å². The van der Waals surface area contributed by atoms with Crippen molar-refractivity contribution < 1.29 is 18.4 Å². The number of benzene rings is 2. The number of hydrogen-bond donors (Lipinski definition) is 4. The molecule has 1 saturated carbocycles. The molecule has 0 aromatic heterocycles. The van der Waals surface area contributed by atoms with Crippen LogP contribution in [0.3, 0.4) is 0 Å². The maximum absolute atomic E-state index is 13.6. The van der Waals surface area contributed by atoms with Gasteiger partial charge in [-0.15, -0.1) is 0 Å². The Morgan fingerprint density at radius 1 is 1.19 bits per heavy atom. The Labute approximate surface area is 212 Å². The third-order valence-electron chi connectivity index (χ3n) is 5.11. The fraction of sp³-hybridized carbons (Fsp3) is 0.370. The molecule has 0 unspecified atom stereocenters. The van der Waals surface area contributed by atoms with Gasteiger partial charge in [0.05, 0.1) is 17.7 Å². The lowest BCUT2D eigenvalue weighted by Crippen LogP contribution is -2.17. The minimum atomic E-state index is -1.07. The number of aryl methyl sites for hydroxylation is 1. The molecule has 1 aliphatic rings. The van der Waals surface area contributed by atoms with Crippen LogP contribution in [0.25, 0.3) is 16.8 Å². The van der Waals surface area contributed by atoms with Gasteiger partial charge in [0.1, 0.15) is 18.3 Å². The number of carbonyl (C=O) groups is 2. The largest absolute Gasteiger partial charge is 0.396 e. The van der Waals surface area contributed by atoms with Crippen molar-refractivity contribution >= 4 is 30.9 Å². The van der Waals surface area contributed by atoms with Gasteiger partial charge in [-0.1, -0.05) is 24.3 Å². The van der Waals surface area contributed by atoms with Gasteiger partial charge in [-0.3, -0.25) is 4.79 Å². The highest BCUT2D eigenvalue weighted by Crippen LogP contribution is 2.35. The van der Waals surface area contributed by atoms with Crippen LogP contribution in [0.2, 0.25) is 0 Å². The lowest BCUT2D eigenvalue weighted by atomic mass is 9.97. The lowest BCUT2D eigenvalue weighted by Gasteiger charge is -2.10. The molecule has 3 rings (SSSR count). The van der Waals surface area contributed by atoms with Gasteiger partial charge in [-0.05, 0) is 93.8 Å². The smallest absolute Gasteiger partial charge is 0.204 e. The molecule has 0 saturated heterocycles. The van der Waals surface area contributed by atoms with Crippen molar-refractivity contribution in [2.45, 2.75) is 52.1 Å². The first kappa shape index (κ1) is 32.4. The number of anilines is 1. The van der Waals surface area contributed by atoms with E-state index in [1.165, 1.54) is 39.1 Å². The first-order valence-electron chi connectivity index (χ1n) is 11.5. The fourth-order valence-corrected chi connectivity index (χ4v) is 3.15. The number of amides is 1. The number of hydrogen-bond acceptors (Lipinski definition) is 5. The summed E-state index contributed by atoms with van der Waals surface area (Å²) in [6.45, 7) is 7.37. The summed E-state index contributed by atoms with van der Waals surface area (Å²) in [5.74, 6) is 0.403. The predicted octanol–water partition coefficient (Wildman–Crippen LogP) is 4.51. The Hall–Kier alpha value is -3.59. The van der Waals surface area contributed by atoms with Crippen LogP contribution >= 0.6 is 0 Å². The first-order chi connectivity index (χ1) is 17.1. The summed E-state index contributed by atoms with van der Waals surface area (Å²) in [5, 5.41) is 0. The van der Waals surface area contributed by atoms with Crippen LogP contribution in [0.4, 0.5) is 14.5 Å². The Kier molecular flexibility index (Phi) is 15.2. The van der Waals surface area contributed by atoms with Gasteiger partial charge in [0.15, 0.2) is 0 Å². The molecule has 0 heterocycles. The molecule has 0 bridgehead atoms. The van der Waals surface area contributed by atoms with Gasteiger partial charge in [0, 0.05) is 5.56 Å². The molecule has 8 N–H and O–H groups in total. The summed E-state index contributed by atoms with van der Waals surface area (Å²) in [6, 6.07) is 11.2. The normalized spacial score (nSPS) is 12.9. The highest BCUT2D eigenvalue weighted by Gasteiger charge is 2.20. The highest BCUT2D eigenvalue weighted by atomic mass is 19.1. The molecular formula is C27H39F2N5O2. The molecule has 36 heavy (non-hydrogen) atoms. The topological polar surface area (TPSA) is 151 Å². The Morgan fingerprint density at radius 2 is 1.81 bits per heavy atom. The van der Waals surface area contributed by atoms with Gasteiger partial charge in [0.2, 0.25) is 6.41 Å². The molecule has 0 radical (unpaired) electrons. The molecule has 2 aromatic rings. The summed E-state index contributed by atoms with van der Waals surface area (Å²) in [7, 11) is 0. The third kappa shape index (κ3) is 12.8. The maximum Gasteiger partial charge on any atom is 0.204 e. The van der Waals surface area contributed by atoms with Crippen molar-refractivity contribution in [1.82, 2.24) is 0 Å². The minimum Gasteiger partial charge on any atom is -0.396 e. The molecule has 0 atom stereocenters. The van der Waals surface area contributed by atoms with Crippen molar-refractivity contribution in [2.24, 2.45) is 28.1 Å². The van der Waals surface area contributed by atoms with Crippen molar-refractivity contribution in [3.8, 4) is 11.1 Å². The molecular weight excluding hydrogens is 464 g/mol. The van der Waals surface area contributed by atoms with Crippen LogP contribution in [0, 0.1) is 18.7 Å². The molecule has 7 nitrogen and oxygen atoms in total. The number of alkyl halides is 1. The zero-order chi connectivity index (χ0) is 27.7. The van der Waals surface area contributed by atoms with E-state index in [-0.39, 0.29) is 17.9 Å². The summed E-state index contributed by atoms with van der Waals surface area (Å²) in [6.07, 6.45) is 7.79. The second-order valence-corrected chi connectivity index (χ2v) is 8.71. The van der Waals surface area contributed by atoms with Crippen molar-refractivity contribution in [3.05, 3.63) is 59.4 Å². The maximum atomic E-state index is 13.6. The molecule has 1 fully saturated rings. The second kappa shape index (κ2) is 16.9. The van der Waals surface area contributed by atoms with Crippen molar-refractivity contribution in [1.29, 1.82) is 0 Å². The fourth-order valence-electron chi connectivity index (χ4n) is 3.15. The number of carbonyl (C=O) groups excluding carboxylic acids is 2. The molecule has 2 aromatic carbocycles. The first-order valence-corrected chi connectivity index (χ1v) is 11.5. The van der Waals surface area contributed by atoms with Gasteiger partial charge in [-0.25, -0.2) is 13.8 Å². The summed E-state index contributed by atoms with van der Waals surface area (Å²) in [5.41, 5.74) is 24.2.